The molecule has 0 radical (unpaired) electrons. The molecule has 1 atom stereocenters. The lowest BCUT2D eigenvalue weighted by atomic mass is 10.0. The highest BCUT2D eigenvalue weighted by Crippen LogP contribution is 2.32. The maximum absolute atomic E-state index is 11.7. The van der Waals surface area contributed by atoms with E-state index in [-0.39, 0.29) is 18.6 Å². The predicted octanol–water partition coefficient (Wildman–Crippen LogP) is 1.06. The van der Waals surface area contributed by atoms with E-state index < -0.39 is 6.04 Å². The van der Waals surface area contributed by atoms with Crippen LogP contribution in [0.2, 0.25) is 0 Å². The molecule has 0 bridgehead atoms. The minimum atomic E-state index is -0.447. The Hall–Kier alpha value is -1.75. The monoisotopic (exact) mass is 264 g/mol. The predicted molar refractivity (Wildman–Crippen MR) is 72.1 cm³/mol. The van der Waals surface area contributed by atoms with Gasteiger partial charge in [-0.25, -0.2) is 0 Å². The summed E-state index contributed by atoms with van der Waals surface area (Å²) in [4.78, 5) is 11.7. The minimum Gasteiger partial charge on any atom is -0.454 e. The molecule has 5 heteroatoms. The summed E-state index contributed by atoms with van der Waals surface area (Å²) in [6.07, 6.45) is 0.743. The number of carbonyl (C=O) groups excluding carboxylic acids is 1. The van der Waals surface area contributed by atoms with Gasteiger partial charge in [0.15, 0.2) is 11.5 Å². The number of nitrogens with two attached hydrogens (primary N) is 1. The second kappa shape index (κ2) is 5.93. The maximum atomic E-state index is 11.7. The van der Waals surface area contributed by atoms with Crippen LogP contribution in [0.4, 0.5) is 0 Å². The van der Waals surface area contributed by atoms with E-state index in [2.05, 4.69) is 5.32 Å². The number of rotatable bonds is 5. The molecule has 1 aromatic carbocycles. The topological polar surface area (TPSA) is 73.6 Å². The van der Waals surface area contributed by atoms with Gasteiger partial charge in [-0.1, -0.05) is 19.9 Å². The molecule has 1 aliphatic heterocycles. The van der Waals surface area contributed by atoms with Crippen molar-refractivity contribution in [2.24, 2.45) is 11.7 Å². The number of fused-ring (bicyclic) bond motifs is 1. The second-order valence-electron chi connectivity index (χ2n) is 5.00. The Labute approximate surface area is 113 Å². The van der Waals surface area contributed by atoms with Gasteiger partial charge < -0.3 is 20.5 Å². The van der Waals surface area contributed by atoms with E-state index >= 15 is 0 Å². The molecule has 104 valence electrons. The van der Waals surface area contributed by atoms with Crippen molar-refractivity contribution in [2.45, 2.75) is 26.3 Å². The molecule has 0 aromatic heterocycles. The summed E-state index contributed by atoms with van der Waals surface area (Å²) in [7, 11) is 0. The summed E-state index contributed by atoms with van der Waals surface area (Å²) in [6, 6.07) is 5.36. The number of nitrogens with one attached hydrogen (secondary N) is 1. The first kappa shape index (κ1) is 13.7. The first-order valence-corrected chi connectivity index (χ1v) is 6.49. The van der Waals surface area contributed by atoms with E-state index in [9.17, 15) is 4.79 Å². The molecule has 0 aliphatic carbocycles. The van der Waals surface area contributed by atoms with Gasteiger partial charge >= 0.3 is 0 Å². The molecule has 1 unspecified atom stereocenters. The highest BCUT2D eigenvalue weighted by Gasteiger charge is 2.17. The van der Waals surface area contributed by atoms with E-state index in [1.165, 1.54) is 0 Å². The fraction of sp³-hybridized carbons (Fsp3) is 0.500. The molecule has 3 N–H and O–H groups in total. The number of amides is 1. The number of ether oxygens (including phenoxy) is 2. The van der Waals surface area contributed by atoms with Crippen LogP contribution in [0.1, 0.15) is 19.4 Å². The van der Waals surface area contributed by atoms with E-state index in [0.717, 1.165) is 23.5 Å². The molecule has 1 aromatic rings. The Morgan fingerprint density at radius 3 is 2.84 bits per heavy atom. The van der Waals surface area contributed by atoms with Crippen molar-refractivity contribution >= 4 is 5.91 Å². The molecular formula is C14H20N2O3. The van der Waals surface area contributed by atoms with Crippen molar-refractivity contribution < 1.29 is 14.3 Å². The standard InChI is InChI=1S/C14H20N2O3/c1-9(2)13(15)14(17)16-6-5-10-3-4-11-12(7-10)19-8-18-11/h3-4,7,9,13H,5-6,8,15H2,1-2H3,(H,16,17). The fourth-order valence-corrected chi connectivity index (χ4v) is 1.85. The second-order valence-corrected chi connectivity index (χ2v) is 5.00. The van der Waals surface area contributed by atoms with Gasteiger partial charge in [-0.05, 0) is 30.0 Å². The molecule has 0 saturated heterocycles. The van der Waals surface area contributed by atoms with Crippen LogP contribution in [0.15, 0.2) is 18.2 Å². The van der Waals surface area contributed by atoms with E-state index in [1.807, 2.05) is 32.0 Å². The highest BCUT2D eigenvalue weighted by atomic mass is 16.7. The van der Waals surface area contributed by atoms with Crippen LogP contribution in [0, 0.1) is 5.92 Å². The molecular weight excluding hydrogens is 244 g/mol. The third kappa shape index (κ3) is 3.38. The first-order chi connectivity index (χ1) is 9.08. The third-order valence-corrected chi connectivity index (χ3v) is 3.17. The minimum absolute atomic E-state index is 0.101. The SMILES string of the molecule is CC(C)C(N)C(=O)NCCc1ccc2c(c1)OCO2. The van der Waals surface area contributed by atoms with Crippen LogP contribution in [0.5, 0.6) is 11.5 Å². The number of hydrogen-bond acceptors (Lipinski definition) is 4. The van der Waals surface area contributed by atoms with E-state index in [4.69, 9.17) is 15.2 Å². The zero-order chi connectivity index (χ0) is 13.8. The quantitative estimate of drug-likeness (QED) is 0.834. The molecule has 1 aliphatic rings. The van der Waals surface area contributed by atoms with Crippen molar-refractivity contribution in [3.05, 3.63) is 23.8 Å². The van der Waals surface area contributed by atoms with Crippen LogP contribution in [-0.4, -0.2) is 25.3 Å². The molecule has 19 heavy (non-hydrogen) atoms. The van der Waals surface area contributed by atoms with Crippen LogP contribution in [0.3, 0.4) is 0 Å². The highest BCUT2D eigenvalue weighted by molar-refractivity contribution is 5.81. The summed E-state index contributed by atoms with van der Waals surface area (Å²) in [5, 5.41) is 2.84. The van der Waals surface area contributed by atoms with Gasteiger partial charge in [0.05, 0.1) is 6.04 Å². The van der Waals surface area contributed by atoms with Gasteiger partial charge in [0.1, 0.15) is 0 Å². The number of carbonyl (C=O) groups is 1. The summed E-state index contributed by atoms with van der Waals surface area (Å²) in [5.74, 6) is 1.58. The number of hydrogen-bond donors (Lipinski definition) is 2. The van der Waals surface area contributed by atoms with Crippen molar-refractivity contribution in [1.82, 2.24) is 5.32 Å². The van der Waals surface area contributed by atoms with Crippen LogP contribution in [-0.2, 0) is 11.2 Å². The van der Waals surface area contributed by atoms with Gasteiger partial charge in [0.2, 0.25) is 12.7 Å². The Morgan fingerprint density at radius 2 is 2.11 bits per heavy atom. The van der Waals surface area contributed by atoms with Crippen molar-refractivity contribution in [1.29, 1.82) is 0 Å². The van der Waals surface area contributed by atoms with Crippen molar-refractivity contribution in [2.75, 3.05) is 13.3 Å². The van der Waals surface area contributed by atoms with Crippen molar-refractivity contribution in [3.8, 4) is 11.5 Å². The van der Waals surface area contributed by atoms with E-state index in [1.54, 1.807) is 0 Å². The summed E-state index contributed by atoms with van der Waals surface area (Å²) < 4.78 is 10.6. The number of benzene rings is 1. The van der Waals surface area contributed by atoms with Gasteiger partial charge in [-0.15, -0.1) is 0 Å². The lowest BCUT2D eigenvalue weighted by molar-refractivity contribution is -0.123. The lowest BCUT2D eigenvalue weighted by Crippen LogP contribution is -2.44. The average Bonchev–Trinajstić information content (AvgIpc) is 2.84. The molecule has 0 fully saturated rings. The Kier molecular flexibility index (Phi) is 4.27. The molecule has 0 spiro atoms. The maximum Gasteiger partial charge on any atom is 0.237 e. The van der Waals surface area contributed by atoms with Gasteiger partial charge in [0.25, 0.3) is 0 Å². The smallest absolute Gasteiger partial charge is 0.237 e. The van der Waals surface area contributed by atoms with Crippen LogP contribution in [0.25, 0.3) is 0 Å². The largest absolute Gasteiger partial charge is 0.454 e. The Bertz CT molecular complexity index is 460. The van der Waals surface area contributed by atoms with Crippen LogP contribution < -0.4 is 20.5 Å². The molecule has 1 amide bonds. The molecule has 1 heterocycles. The fourth-order valence-electron chi connectivity index (χ4n) is 1.85. The summed E-state index contributed by atoms with van der Waals surface area (Å²) in [5.41, 5.74) is 6.86. The Morgan fingerprint density at radius 1 is 1.37 bits per heavy atom. The normalized spacial score (nSPS) is 14.5. The molecule has 2 rings (SSSR count). The summed E-state index contributed by atoms with van der Waals surface area (Å²) in [6.45, 7) is 4.71. The van der Waals surface area contributed by atoms with Gasteiger partial charge in [0, 0.05) is 6.54 Å². The van der Waals surface area contributed by atoms with Gasteiger partial charge in [-0.2, -0.15) is 0 Å². The lowest BCUT2D eigenvalue weighted by Gasteiger charge is -2.15. The average molecular weight is 264 g/mol. The first-order valence-electron chi connectivity index (χ1n) is 6.49. The van der Waals surface area contributed by atoms with Crippen LogP contribution >= 0.6 is 0 Å². The third-order valence-electron chi connectivity index (χ3n) is 3.17. The van der Waals surface area contributed by atoms with E-state index in [0.29, 0.717) is 6.54 Å². The summed E-state index contributed by atoms with van der Waals surface area (Å²) >= 11 is 0. The molecule has 5 nitrogen and oxygen atoms in total. The molecule has 0 saturated carbocycles. The van der Waals surface area contributed by atoms with Gasteiger partial charge in [-0.3, -0.25) is 4.79 Å². The zero-order valence-electron chi connectivity index (χ0n) is 11.3. The Balaban J connectivity index is 1.81. The zero-order valence-corrected chi connectivity index (χ0v) is 11.3. The van der Waals surface area contributed by atoms with Crippen molar-refractivity contribution in [3.63, 3.8) is 0 Å².